The number of methoxy groups -OCH3 is 1. The minimum atomic E-state index is -4.18. The highest BCUT2D eigenvalue weighted by molar-refractivity contribution is 5.44. The van der Waals surface area contributed by atoms with Crippen molar-refractivity contribution in [3.05, 3.63) is 28.8 Å². The zero-order valence-corrected chi connectivity index (χ0v) is 13.3. The van der Waals surface area contributed by atoms with Crippen LogP contribution in [0.15, 0.2) is 12.1 Å². The third-order valence-corrected chi connectivity index (χ3v) is 4.09. The van der Waals surface area contributed by atoms with Gasteiger partial charge in [0, 0.05) is 32.2 Å². The Hall–Kier alpha value is -1.27. The van der Waals surface area contributed by atoms with Gasteiger partial charge in [-0.15, -0.1) is 0 Å². The molecule has 6 heteroatoms. The average Bonchev–Trinajstić information content (AvgIpc) is 2.44. The molecule has 0 bridgehead atoms. The van der Waals surface area contributed by atoms with Crippen molar-refractivity contribution in [2.75, 3.05) is 33.3 Å². The van der Waals surface area contributed by atoms with Crippen LogP contribution in [0.1, 0.15) is 29.2 Å². The Morgan fingerprint density at radius 2 is 1.73 bits per heavy atom. The van der Waals surface area contributed by atoms with Gasteiger partial charge in [0.2, 0.25) is 0 Å². The Balaban J connectivity index is 2.35. The number of nitrogens with zero attached hydrogens (tertiary/aromatic N) is 1. The van der Waals surface area contributed by atoms with Gasteiger partial charge in [-0.25, -0.2) is 0 Å². The largest absolute Gasteiger partial charge is 0.496 e. The molecular weight excluding hydrogens is 293 g/mol. The van der Waals surface area contributed by atoms with E-state index in [2.05, 4.69) is 5.32 Å². The van der Waals surface area contributed by atoms with Crippen LogP contribution in [0, 0.1) is 13.8 Å². The van der Waals surface area contributed by atoms with E-state index < -0.39 is 18.6 Å². The first kappa shape index (κ1) is 17.1. The third kappa shape index (κ3) is 4.14. The van der Waals surface area contributed by atoms with E-state index in [1.54, 1.807) is 7.11 Å². The minimum Gasteiger partial charge on any atom is -0.496 e. The number of halogens is 3. The first-order chi connectivity index (χ1) is 10.3. The Kier molecular flexibility index (Phi) is 5.34. The van der Waals surface area contributed by atoms with Crippen molar-refractivity contribution >= 4 is 0 Å². The van der Waals surface area contributed by atoms with E-state index in [1.807, 2.05) is 30.9 Å². The number of ether oxygens (including phenoxy) is 1. The van der Waals surface area contributed by atoms with E-state index in [-0.39, 0.29) is 0 Å². The first-order valence-electron chi connectivity index (χ1n) is 7.48. The molecule has 0 spiro atoms. The summed E-state index contributed by atoms with van der Waals surface area (Å²) < 4.78 is 44.4. The summed E-state index contributed by atoms with van der Waals surface area (Å²) in [6, 6.07) is 3.01. The second kappa shape index (κ2) is 6.87. The van der Waals surface area contributed by atoms with E-state index in [0.717, 1.165) is 35.5 Å². The molecule has 1 saturated heterocycles. The van der Waals surface area contributed by atoms with Crippen LogP contribution in [-0.4, -0.2) is 44.4 Å². The highest BCUT2D eigenvalue weighted by Gasteiger charge is 2.36. The predicted molar refractivity (Wildman–Crippen MR) is 80.3 cm³/mol. The summed E-state index contributed by atoms with van der Waals surface area (Å²) >= 11 is 0. The molecule has 0 radical (unpaired) electrons. The molecular formula is C16H23F3N2O. The maximum atomic E-state index is 13.0. The lowest BCUT2D eigenvalue weighted by molar-refractivity contribution is -0.148. The van der Waals surface area contributed by atoms with Crippen LogP contribution in [0.25, 0.3) is 0 Å². The van der Waals surface area contributed by atoms with E-state index in [9.17, 15) is 13.2 Å². The third-order valence-electron chi connectivity index (χ3n) is 4.09. The van der Waals surface area contributed by atoms with Crippen molar-refractivity contribution < 1.29 is 17.9 Å². The highest BCUT2D eigenvalue weighted by Crippen LogP contribution is 2.36. The lowest BCUT2D eigenvalue weighted by Gasteiger charge is -2.36. The van der Waals surface area contributed by atoms with E-state index in [1.165, 1.54) is 0 Å². The van der Waals surface area contributed by atoms with Gasteiger partial charge < -0.3 is 10.1 Å². The molecule has 1 N–H and O–H groups in total. The van der Waals surface area contributed by atoms with E-state index in [4.69, 9.17) is 4.74 Å². The maximum Gasteiger partial charge on any atom is 0.390 e. The number of rotatable bonds is 4. The van der Waals surface area contributed by atoms with Gasteiger partial charge in [0.05, 0.1) is 13.5 Å². The zero-order chi connectivity index (χ0) is 16.3. The summed E-state index contributed by atoms with van der Waals surface area (Å²) in [4.78, 5) is 1.92. The Morgan fingerprint density at radius 3 is 2.18 bits per heavy atom. The van der Waals surface area contributed by atoms with Gasteiger partial charge in [-0.05, 0) is 30.5 Å². The standard InChI is InChI=1S/C16H23F3N2O/c1-11-8-13(9-12(2)15(11)22-3)14(10-16(17,18)19)21-6-4-20-5-7-21/h8-9,14,20H,4-7,10H2,1-3H3/t14-/m1/s1. The molecule has 1 aromatic carbocycles. The predicted octanol–water partition coefficient (Wildman–Crippen LogP) is 3.21. The van der Waals surface area contributed by atoms with Crippen LogP contribution in [-0.2, 0) is 0 Å². The molecule has 22 heavy (non-hydrogen) atoms. The van der Waals surface area contributed by atoms with Crippen LogP contribution < -0.4 is 10.1 Å². The molecule has 0 aliphatic carbocycles. The SMILES string of the molecule is COc1c(C)cc([C@@H](CC(F)(F)F)N2CCNCC2)cc1C. The second-order valence-electron chi connectivity index (χ2n) is 5.81. The summed E-state index contributed by atoms with van der Waals surface area (Å²) in [5.41, 5.74) is 2.47. The molecule has 1 aliphatic heterocycles. The van der Waals surface area contributed by atoms with Crippen LogP contribution in [0.4, 0.5) is 13.2 Å². The normalized spacial score (nSPS) is 18.3. The van der Waals surface area contributed by atoms with Crippen molar-refractivity contribution in [3.63, 3.8) is 0 Å². The van der Waals surface area contributed by atoms with Crippen molar-refractivity contribution in [2.24, 2.45) is 0 Å². The van der Waals surface area contributed by atoms with Crippen molar-refractivity contribution in [1.29, 1.82) is 0 Å². The van der Waals surface area contributed by atoms with Gasteiger partial charge in [0.15, 0.2) is 0 Å². The van der Waals surface area contributed by atoms with Gasteiger partial charge in [0.1, 0.15) is 5.75 Å². The Morgan fingerprint density at radius 1 is 1.18 bits per heavy atom. The van der Waals surface area contributed by atoms with Gasteiger partial charge in [-0.3, -0.25) is 4.90 Å². The van der Waals surface area contributed by atoms with Crippen LogP contribution in [0.3, 0.4) is 0 Å². The summed E-state index contributed by atoms with van der Waals surface area (Å²) in [7, 11) is 1.58. The summed E-state index contributed by atoms with van der Waals surface area (Å²) in [5.74, 6) is 0.745. The molecule has 2 rings (SSSR count). The number of piperazine rings is 1. The van der Waals surface area contributed by atoms with Crippen LogP contribution in [0.2, 0.25) is 0 Å². The number of aryl methyl sites for hydroxylation is 2. The molecule has 1 fully saturated rings. The summed E-state index contributed by atoms with van der Waals surface area (Å²) in [5, 5.41) is 3.18. The van der Waals surface area contributed by atoms with Crippen molar-refractivity contribution in [2.45, 2.75) is 32.5 Å². The molecule has 1 atom stereocenters. The zero-order valence-electron chi connectivity index (χ0n) is 13.3. The summed E-state index contributed by atoms with van der Waals surface area (Å²) in [6.07, 6.45) is -5.00. The number of alkyl halides is 3. The smallest absolute Gasteiger partial charge is 0.390 e. The van der Waals surface area contributed by atoms with Crippen LogP contribution in [0.5, 0.6) is 5.75 Å². The monoisotopic (exact) mass is 316 g/mol. The first-order valence-corrected chi connectivity index (χ1v) is 7.48. The maximum absolute atomic E-state index is 13.0. The molecule has 1 aliphatic rings. The number of hydrogen-bond acceptors (Lipinski definition) is 3. The number of hydrogen-bond donors (Lipinski definition) is 1. The van der Waals surface area contributed by atoms with Gasteiger partial charge in [-0.1, -0.05) is 12.1 Å². The quantitative estimate of drug-likeness (QED) is 0.923. The Bertz CT molecular complexity index is 488. The fourth-order valence-corrected chi connectivity index (χ4v) is 3.17. The van der Waals surface area contributed by atoms with Gasteiger partial charge in [0.25, 0.3) is 0 Å². The topological polar surface area (TPSA) is 24.5 Å². The number of nitrogens with one attached hydrogen (secondary N) is 1. The number of benzene rings is 1. The van der Waals surface area contributed by atoms with Gasteiger partial charge >= 0.3 is 6.18 Å². The fourth-order valence-electron chi connectivity index (χ4n) is 3.17. The molecule has 0 aromatic heterocycles. The fraction of sp³-hybridized carbons (Fsp3) is 0.625. The van der Waals surface area contributed by atoms with E-state index in [0.29, 0.717) is 13.1 Å². The van der Waals surface area contributed by atoms with Crippen molar-refractivity contribution in [1.82, 2.24) is 10.2 Å². The molecule has 3 nitrogen and oxygen atoms in total. The second-order valence-corrected chi connectivity index (χ2v) is 5.81. The highest BCUT2D eigenvalue weighted by atomic mass is 19.4. The van der Waals surface area contributed by atoms with E-state index >= 15 is 0 Å². The molecule has 0 amide bonds. The average molecular weight is 316 g/mol. The molecule has 0 saturated carbocycles. The molecule has 124 valence electrons. The minimum absolute atomic E-state index is 0.630. The lowest BCUT2D eigenvalue weighted by atomic mass is 9.96. The molecule has 1 heterocycles. The van der Waals surface area contributed by atoms with Crippen molar-refractivity contribution in [3.8, 4) is 5.75 Å². The van der Waals surface area contributed by atoms with Gasteiger partial charge in [-0.2, -0.15) is 13.2 Å². The lowest BCUT2D eigenvalue weighted by Crippen LogP contribution is -2.46. The summed E-state index contributed by atoms with van der Waals surface area (Å²) in [6.45, 7) is 6.45. The van der Waals surface area contributed by atoms with Crippen LogP contribution >= 0.6 is 0 Å². The molecule has 1 aromatic rings. The molecule has 0 unspecified atom stereocenters. The Labute approximate surface area is 129 Å².